The highest BCUT2D eigenvalue weighted by atomic mass is 32.2. The van der Waals surface area contributed by atoms with Gasteiger partial charge in [0.05, 0.1) is 11.3 Å². The minimum Gasteiger partial charge on any atom is -0.313 e. The lowest BCUT2D eigenvalue weighted by atomic mass is 10.3. The van der Waals surface area contributed by atoms with Crippen LogP contribution in [-0.2, 0) is 10.0 Å². The normalized spacial score (nSPS) is 19.7. The Hall–Kier alpha value is -0.430. The maximum atomic E-state index is 12.1. The molecule has 18 heavy (non-hydrogen) atoms. The van der Waals surface area contributed by atoms with Crippen molar-refractivity contribution in [3.63, 3.8) is 0 Å². The van der Waals surface area contributed by atoms with Gasteiger partial charge in [0.15, 0.2) is 0 Å². The standard InChI is InChI=1S/C12H20N2O2S2/c1-9(8-13-11-5-6-11)18(15,16)14-10(2)12-4-3-7-17-12/h3-4,7,9-11,13-14H,5-6,8H2,1-2H3. The maximum Gasteiger partial charge on any atom is 0.216 e. The largest absolute Gasteiger partial charge is 0.313 e. The fraction of sp³-hybridized carbons (Fsp3) is 0.667. The van der Waals surface area contributed by atoms with Crippen molar-refractivity contribution in [2.75, 3.05) is 6.54 Å². The van der Waals surface area contributed by atoms with Gasteiger partial charge < -0.3 is 5.32 Å². The minimum atomic E-state index is -3.26. The third-order valence-electron chi connectivity index (χ3n) is 3.11. The van der Waals surface area contributed by atoms with E-state index in [1.165, 1.54) is 12.8 Å². The van der Waals surface area contributed by atoms with Crippen LogP contribution in [0.5, 0.6) is 0 Å². The summed E-state index contributed by atoms with van der Waals surface area (Å²) in [6.45, 7) is 4.15. The zero-order chi connectivity index (χ0) is 13.2. The maximum absolute atomic E-state index is 12.1. The Balaban J connectivity index is 1.88. The van der Waals surface area contributed by atoms with Crippen LogP contribution in [-0.4, -0.2) is 26.3 Å². The summed E-state index contributed by atoms with van der Waals surface area (Å²) >= 11 is 1.57. The van der Waals surface area contributed by atoms with Crippen molar-refractivity contribution in [3.05, 3.63) is 22.4 Å². The van der Waals surface area contributed by atoms with Crippen molar-refractivity contribution in [3.8, 4) is 0 Å². The predicted molar refractivity (Wildman–Crippen MR) is 75.3 cm³/mol. The van der Waals surface area contributed by atoms with Gasteiger partial charge in [-0.05, 0) is 38.1 Å². The summed E-state index contributed by atoms with van der Waals surface area (Å²) in [6, 6.07) is 4.27. The number of hydrogen-bond acceptors (Lipinski definition) is 4. The van der Waals surface area contributed by atoms with Crippen LogP contribution < -0.4 is 10.0 Å². The topological polar surface area (TPSA) is 58.2 Å². The van der Waals surface area contributed by atoms with Crippen LogP contribution in [0.15, 0.2) is 17.5 Å². The molecular formula is C12H20N2O2S2. The van der Waals surface area contributed by atoms with E-state index in [1.807, 2.05) is 24.4 Å². The van der Waals surface area contributed by atoms with Gasteiger partial charge in [-0.15, -0.1) is 11.3 Å². The Morgan fingerprint density at radius 1 is 1.44 bits per heavy atom. The van der Waals surface area contributed by atoms with Crippen molar-refractivity contribution in [1.82, 2.24) is 10.0 Å². The average Bonchev–Trinajstić information content (AvgIpc) is 2.96. The quantitative estimate of drug-likeness (QED) is 0.805. The molecule has 1 aliphatic rings. The molecule has 1 aliphatic carbocycles. The molecule has 0 aliphatic heterocycles. The van der Waals surface area contributed by atoms with Crippen LogP contribution in [0.4, 0.5) is 0 Å². The monoisotopic (exact) mass is 288 g/mol. The van der Waals surface area contributed by atoms with Gasteiger partial charge in [0.2, 0.25) is 10.0 Å². The fourth-order valence-electron chi connectivity index (χ4n) is 1.69. The molecule has 2 N–H and O–H groups in total. The van der Waals surface area contributed by atoms with E-state index >= 15 is 0 Å². The molecule has 0 saturated heterocycles. The second kappa shape index (κ2) is 5.69. The van der Waals surface area contributed by atoms with Crippen molar-refractivity contribution in [2.24, 2.45) is 0 Å². The molecule has 6 heteroatoms. The first-order valence-corrected chi connectivity index (χ1v) is 8.69. The summed E-state index contributed by atoms with van der Waals surface area (Å²) in [5.74, 6) is 0. The van der Waals surface area contributed by atoms with Crippen molar-refractivity contribution in [2.45, 2.75) is 44.0 Å². The summed E-state index contributed by atoms with van der Waals surface area (Å²) in [7, 11) is -3.26. The Morgan fingerprint density at radius 3 is 2.72 bits per heavy atom. The molecule has 1 aromatic heterocycles. The molecule has 1 aromatic rings. The smallest absolute Gasteiger partial charge is 0.216 e. The molecule has 0 aromatic carbocycles. The summed E-state index contributed by atoms with van der Waals surface area (Å²) in [5.41, 5.74) is 0. The van der Waals surface area contributed by atoms with E-state index in [2.05, 4.69) is 10.0 Å². The summed E-state index contributed by atoms with van der Waals surface area (Å²) in [6.07, 6.45) is 2.34. The minimum absolute atomic E-state index is 0.154. The third kappa shape index (κ3) is 3.78. The summed E-state index contributed by atoms with van der Waals surface area (Å²) in [5, 5.41) is 4.81. The second-order valence-corrected chi connectivity index (χ2v) is 8.00. The molecular weight excluding hydrogens is 268 g/mol. The first kappa shape index (κ1) is 14.0. The van der Waals surface area contributed by atoms with Crippen molar-refractivity contribution in [1.29, 1.82) is 0 Å². The Kier molecular flexibility index (Phi) is 4.42. The molecule has 2 rings (SSSR count). The van der Waals surface area contributed by atoms with E-state index < -0.39 is 15.3 Å². The molecule has 2 atom stereocenters. The third-order valence-corrected chi connectivity index (χ3v) is 6.08. The number of hydrogen-bond donors (Lipinski definition) is 2. The van der Waals surface area contributed by atoms with E-state index in [0.29, 0.717) is 12.6 Å². The SMILES string of the molecule is CC(NS(=O)(=O)C(C)CNC1CC1)c1cccs1. The zero-order valence-electron chi connectivity index (χ0n) is 10.7. The van der Waals surface area contributed by atoms with Gasteiger partial charge in [0.25, 0.3) is 0 Å². The van der Waals surface area contributed by atoms with Crippen LogP contribution in [0.25, 0.3) is 0 Å². The summed E-state index contributed by atoms with van der Waals surface area (Å²) < 4.78 is 27.0. The molecule has 0 radical (unpaired) electrons. The average molecular weight is 288 g/mol. The zero-order valence-corrected chi connectivity index (χ0v) is 12.4. The molecule has 102 valence electrons. The van der Waals surface area contributed by atoms with Gasteiger partial charge in [-0.1, -0.05) is 6.07 Å². The second-order valence-electron chi connectivity index (χ2n) is 4.89. The molecule has 0 spiro atoms. The summed E-state index contributed by atoms with van der Waals surface area (Å²) in [4.78, 5) is 1.04. The Labute approximate surface area is 113 Å². The van der Waals surface area contributed by atoms with E-state index in [4.69, 9.17) is 0 Å². The van der Waals surface area contributed by atoms with Crippen LogP contribution in [0, 0.1) is 0 Å². The van der Waals surface area contributed by atoms with E-state index in [9.17, 15) is 8.42 Å². The van der Waals surface area contributed by atoms with Crippen LogP contribution in [0.3, 0.4) is 0 Å². The molecule has 1 fully saturated rings. The van der Waals surface area contributed by atoms with Gasteiger partial charge in [-0.25, -0.2) is 13.1 Å². The van der Waals surface area contributed by atoms with E-state index in [1.54, 1.807) is 18.3 Å². The molecule has 0 amide bonds. The number of rotatable bonds is 7. The van der Waals surface area contributed by atoms with Gasteiger partial charge in [0.1, 0.15) is 0 Å². The molecule has 1 saturated carbocycles. The highest BCUT2D eigenvalue weighted by Gasteiger charge is 2.27. The highest BCUT2D eigenvalue weighted by molar-refractivity contribution is 7.90. The van der Waals surface area contributed by atoms with E-state index in [-0.39, 0.29) is 6.04 Å². The molecule has 1 heterocycles. The van der Waals surface area contributed by atoms with Crippen LogP contribution in [0.2, 0.25) is 0 Å². The lowest BCUT2D eigenvalue weighted by Crippen LogP contribution is -2.40. The van der Waals surface area contributed by atoms with Gasteiger partial charge in [-0.2, -0.15) is 0 Å². The molecule has 0 bridgehead atoms. The molecule has 4 nitrogen and oxygen atoms in total. The van der Waals surface area contributed by atoms with Crippen LogP contribution >= 0.6 is 11.3 Å². The van der Waals surface area contributed by atoms with Crippen LogP contribution in [0.1, 0.15) is 37.6 Å². The lowest BCUT2D eigenvalue weighted by molar-refractivity contribution is 0.546. The van der Waals surface area contributed by atoms with Gasteiger partial charge in [-0.3, -0.25) is 0 Å². The Bertz CT molecular complexity index is 466. The number of sulfonamides is 1. The van der Waals surface area contributed by atoms with Gasteiger partial charge >= 0.3 is 0 Å². The first-order chi connectivity index (χ1) is 8.49. The van der Waals surface area contributed by atoms with Crippen molar-refractivity contribution >= 4 is 21.4 Å². The fourth-order valence-corrected chi connectivity index (χ4v) is 3.66. The number of nitrogens with one attached hydrogen (secondary N) is 2. The predicted octanol–water partition coefficient (Wildman–Crippen LogP) is 1.87. The number of thiophene rings is 1. The van der Waals surface area contributed by atoms with Crippen molar-refractivity contribution < 1.29 is 8.42 Å². The molecule has 2 unspecified atom stereocenters. The highest BCUT2D eigenvalue weighted by Crippen LogP contribution is 2.21. The first-order valence-electron chi connectivity index (χ1n) is 6.27. The van der Waals surface area contributed by atoms with E-state index in [0.717, 1.165) is 4.88 Å². The van der Waals surface area contributed by atoms with Gasteiger partial charge in [0, 0.05) is 17.5 Å². The Morgan fingerprint density at radius 2 is 2.17 bits per heavy atom. The lowest BCUT2D eigenvalue weighted by Gasteiger charge is -2.18.